The highest BCUT2D eigenvalue weighted by molar-refractivity contribution is 6.05. The summed E-state index contributed by atoms with van der Waals surface area (Å²) < 4.78 is 6.21. The van der Waals surface area contributed by atoms with E-state index in [0.29, 0.717) is 17.5 Å². The van der Waals surface area contributed by atoms with Crippen molar-refractivity contribution in [1.29, 1.82) is 0 Å². The molecular formula is C45H34N4O. The van der Waals surface area contributed by atoms with Gasteiger partial charge < -0.3 is 4.42 Å². The number of rotatable bonds is 8. The van der Waals surface area contributed by atoms with Gasteiger partial charge in [-0.1, -0.05) is 140 Å². The van der Waals surface area contributed by atoms with Gasteiger partial charge in [-0.3, -0.25) is 4.99 Å². The summed E-state index contributed by atoms with van der Waals surface area (Å²) in [5.74, 6) is 1.88. The van der Waals surface area contributed by atoms with Crippen LogP contribution in [0.25, 0.3) is 61.6 Å². The van der Waals surface area contributed by atoms with Gasteiger partial charge in [0.25, 0.3) is 0 Å². The Labute approximate surface area is 291 Å². The summed E-state index contributed by atoms with van der Waals surface area (Å²) in [6.07, 6.45) is 9.41. The molecule has 1 aliphatic rings. The van der Waals surface area contributed by atoms with Crippen molar-refractivity contribution in [2.24, 2.45) is 10.9 Å². The Morgan fingerprint density at radius 1 is 0.680 bits per heavy atom. The maximum absolute atomic E-state index is 6.21. The van der Waals surface area contributed by atoms with Gasteiger partial charge in [-0.25, -0.2) is 15.0 Å². The number of fused-ring (bicyclic) bond motifs is 3. The summed E-state index contributed by atoms with van der Waals surface area (Å²) in [4.78, 5) is 20.2. The first-order valence-electron chi connectivity index (χ1n) is 16.8. The number of para-hydroxylation sites is 1. The zero-order valence-corrected chi connectivity index (χ0v) is 27.7. The van der Waals surface area contributed by atoms with Crippen molar-refractivity contribution in [1.82, 2.24) is 15.0 Å². The summed E-state index contributed by atoms with van der Waals surface area (Å²) in [5.41, 5.74) is 9.26. The van der Waals surface area contributed by atoms with E-state index in [4.69, 9.17) is 24.4 Å². The van der Waals surface area contributed by atoms with Crippen LogP contribution in [0, 0.1) is 5.92 Å². The van der Waals surface area contributed by atoms with Gasteiger partial charge in [0, 0.05) is 44.7 Å². The molecule has 7 aromatic rings. The first kappa shape index (κ1) is 30.8. The lowest BCUT2D eigenvalue weighted by atomic mass is 9.92. The van der Waals surface area contributed by atoms with Crippen LogP contribution in [0.15, 0.2) is 174 Å². The third-order valence-electron chi connectivity index (χ3n) is 8.99. The second-order valence-corrected chi connectivity index (χ2v) is 12.4. The molecule has 5 nitrogen and oxygen atoms in total. The van der Waals surface area contributed by atoms with Crippen LogP contribution in [-0.2, 0) is 0 Å². The predicted octanol–water partition coefficient (Wildman–Crippen LogP) is 11.3. The van der Waals surface area contributed by atoms with Gasteiger partial charge in [0.2, 0.25) is 0 Å². The largest absolute Gasteiger partial charge is 0.456 e. The Kier molecular flexibility index (Phi) is 8.37. The molecule has 240 valence electrons. The monoisotopic (exact) mass is 646 g/mol. The number of benzene rings is 5. The number of allylic oxidation sites excluding steroid dienone is 6. The van der Waals surface area contributed by atoms with Crippen LogP contribution in [0.2, 0.25) is 0 Å². The normalized spacial score (nSPS) is 15.0. The SMILES string of the molecule is C=C(/C=C(\N=C(C)C1C=C(c2nc(-c3ccccc3)nc(-c3ccc4c(c3)oc3ccccc34)n2)C=CC1)c1ccccc1)c1ccccc1. The van der Waals surface area contributed by atoms with Crippen molar-refractivity contribution < 1.29 is 4.42 Å². The lowest BCUT2D eigenvalue weighted by Crippen LogP contribution is -2.12. The Hall–Kier alpha value is -6.46. The van der Waals surface area contributed by atoms with Crippen molar-refractivity contribution in [3.8, 4) is 22.8 Å². The van der Waals surface area contributed by atoms with Gasteiger partial charge in [-0.05, 0) is 48.8 Å². The fourth-order valence-corrected chi connectivity index (χ4v) is 6.30. The first-order valence-corrected chi connectivity index (χ1v) is 16.8. The Balaban J connectivity index is 1.18. The zero-order valence-electron chi connectivity index (χ0n) is 27.7. The van der Waals surface area contributed by atoms with E-state index in [-0.39, 0.29) is 5.92 Å². The highest BCUT2D eigenvalue weighted by Crippen LogP contribution is 2.33. The van der Waals surface area contributed by atoms with Crippen molar-refractivity contribution in [2.45, 2.75) is 13.3 Å². The molecule has 50 heavy (non-hydrogen) atoms. The molecule has 5 aromatic carbocycles. The second kappa shape index (κ2) is 13.6. The summed E-state index contributed by atoms with van der Waals surface area (Å²) in [7, 11) is 0. The van der Waals surface area contributed by atoms with E-state index in [9.17, 15) is 0 Å². The molecule has 8 rings (SSSR count). The first-order chi connectivity index (χ1) is 24.6. The number of furan rings is 1. The van der Waals surface area contributed by atoms with E-state index < -0.39 is 0 Å². The number of aromatic nitrogens is 3. The summed E-state index contributed by atoms with van der Waals surface area (Å²) in [5, 5.41) is 2.15. The predicted molar refractivity (Wildman–Crippen MR) is 206 cm³/mol. The molecule has 0 bridgehead atoms. The highest BCUT2D eigenvalue weighted by Gasteiger charge is 2.19. The number of hydrogen-bond acceptors (Lipinski definition) is 5. The minimum absolute atomic E-state index is 0.0550. The third-order valence-corrected chi connectivity index (χ3v) is 8.99. The van der Waals surface area contributed by atoms with Gasteiger partial charge in [0.15, 0.2) is 17.5 Å². The maximum atomic E-state index is 6.21. The molecule has 0 spiro atoms. The quantitative estimate of drug-likeness (QED) is 0.122. The maximum Gasteiger partial charge on any atom is 0.164 e. The third kappa shape index (κ3) is 6.37. The van der Waals surface area contributed by atoms with E-state index >= 15 is 0 Å². The molecular weight excluding hydrogens is 613 g/mol. The molecule has 0 aliphatic heterocycles. The van der Waals surface area contributed by atoms with E-state index in [2.05, 4.69) is 80.3 Å². The molecule has 0 N–H and O–H groups in total. The molecule has 0 fully saturated rings. The van der Waals surface area contributed by atoms with Crippen LogP contribution in [0.1, 0.15) is 30.3 Å². The van der Waals surface area contributed by atoms with E-state index in [1.165, 1.54) is 0 Å². The lowest BCUT2D eigenvalue weighted by molar-refractivity contribution is 0.669. The van der Waals surface area contributed by atoms with Gasteiger partial charge in [-0.15, -0.1) is 0 Å². The zero-order chi connectivity index (χ0) is 33.9. The van der Waals surface area contributed by atoms with Gasteiger partial charge in [-0.2, -0.15) is 0 Å². The Morgan fingerprint density at radius 2 is 1.30 bits per heavy atom. The molecule has 0 radical (unpaired) electrons. The molecule has 0 saturated heterocycles. The summed E-state index contributed by atoms with van der Waals surface area (Å²) >= 11 is 0. The molecule has 1 aliphatic carbocycles. The standard InChI is InChI=1S/C45H34N4O/c1-30(32-15-6-3-7-16-32)27-40(33-17-8-4-9-18-33)46-31(2)35-21-14-22-36(28-35)44-47-43(34-19-10-5-11-20-34)48-45(49-44)37-25-26-39-38-23-12-13-24-41(38)50-42(39)29-37/h3-20,22-29,35H,1,21H2,2H3/b40-27-,46-31?. The second-order valence-electron chi connectivity index (χ2n) is 12.4. The Bertz CT molecular complexity index is 2470. The van der Waals surface area contributed by atoms with Crippen LogP contribution in [0.4, 0.5) is 0 Å². The fourth-order valence-electron chi connectivity index (χ4n) is 6.30. The number of aliphatic imine (C=N–C) groups is 1. The summed E-state index contributed by atoms with van der Waals surface area (Å²) in [6.45, 7) is 6.45. The lowest BCUT2D eigenvalue weighted by Gasteiger charge is -2.18. The van der Waals surface area contributed by atoms with Crippen LogP contribution in [0.5, 0.6) is 0 Å². The minimum Gasteiger partial charge on any atom is -0.456 e. The highest BCUT2D eigenvalue weighted by atomic mass is 16.3. The summed E-state index contributed by atoms with van der Waals surface area (Å²) in [6, 6.07) is 44.8. The van der Waals surface area contributed by atoms with Crippen LogP contribution < -0.4 is 0 Å². The molecule has 2 heterocycles. The van der Waals surface area contributed by atoms with Crippen LogP contribution in [-0.4, -0.2) is 20.7 Å². The smallest absolute Gasteiger partial charge is 0.164 e. The molecule has 1 atom stereocenters. The van der Waals surface area contributed by atoms with Crippen LogP contribution in [0.3, 0.4) is 0 Å². The average Bonchev–Trinajstić information content (AvgIpc) is 3.56. The Morgan fingerprint density at radius 3 is 2.06 bits per heavy atom. The van der Waals surface area contributed by atoms with Crippen molar-refractivity contribution in [2.75, 3.05) is 0 Å². The molecule has 0 amide bonds. The fraction of sp³-hybridized carbons (Fsp3) is 0.0667. The van der Waals surface area contributed by atoms with Crippen molar-refractivity contribution in [3.05, 3.63) is 181 Å². The number of hydrogen-bond donors (Lipinski definition) is 0. The average molecular weight is 647 g/mol. The minimum atomic E-state index is 0.0550. The van der Waals surface area contributed by atoms with Crippen molar-refractivity contribution >= 4 is 44.5 Å². The molecule has 5 heteroatoms. The van der Waals surface area contributed by atoms with E-state index in [1.54, 1.807) is 0 Å². The van der Waals surface area contributed by atoms with Crippen molar-refractivity contribution in [3.63, 3.8) is 0 Å². The van der Waals surface area contributed by atoms with E-state index in [0.717, 1.165) is 73.2 Å². The van der Waals surface area contributed by atoms with Gasteiger partial charge >= 0.3 is 0 Å². The molecule has 1 unspecified atom stereocenters. The van der Waals surface area contributed by atoms with Gasteiger partial charge in [0.1, 0.15) is 11.2 Å². The topological polar surface area (TPSA) is 64.2 Å². The molecule has 2 aromatic heterocycles. The van der Waals surface area contributed by atoms with Crippen LogP contribution >= 0.6 is 0 Å². The van der Waals surface area contributed by atoms with E-state index in [1.807, 2.05) is 91.0 Å². The molecule has 0 saturated carbocycles. The number of nitrogens with zero attached hydrogens (tertiary/aromatic N) is 4. The van der Waals surface area contributed by atoms with Gasteiger partial charge in [0.05, 0.1) is 5.70 Å².